The third kappa shape index (κ3) is 2.12. The van der Waals surface area contributed by atoms with Gasteiger partial charge in [-0.15, -0.1) is 0 Å². The second-order valence-corrected chi connectivity index (χ2v) is 3.69. The number of nitrogens with one attached hydrogen (secondary N) is 1. The zero-order valence-corrected chi connectivity index (χ0v) is 8.78. The average molecular weight is 192 g/mol. The van der Waals surface area contributed by atoms with Gasteiger partial charge in [0, 0.05) is 5.56 Å². The van der Waals surface area contributed by atoms with Crippen LogP contribution in [0.5, 0.6) is 0 Å². The Kier molecular flexibility index (Phi) is 3.25. The van der Waals surface area contributed by atoms with Crippen LogP contribution in [0.4, 0.5) is 0 Å². The molecule has 0 atom stereocenters. The van der Waals surface area contributed by atoms with Crippen LogP contribution in [0.3, 0.4) is 0 Å². The summed E-state index contributed by atoms with van der Waals surface area (Å²) in [5.41, 5.74) is 1.23. The molecular formula is C11H16N2O. The fourth-order valence-corrected chi connectivity index (χ4v) is 1.26. The van der Waals surface area contributed by atoms with E-state index in [0.717, 1.165) is 5.56 Å². The summed E-state index contributed by atoms with van der Waals surface area (Å²) in [5, 5.41) is 15.4. The summed E-state index contributed by atoms with van der Waals surface area (Å²) in [6, 6.07) is 9.63. The quantitative estimate of drug-likeness (QED) is 0.436. The number of oxime groups is 1. The van der Waals surface area contributed by atoms with E-state index in [1.165, 1.54) is 0 Å². The monoisotopic (exact) mass is 192 g/mol. The van der Waals surface area contributed by atoms with Gasteiger partial charge in [-0.1, -0.05) is 35.5 Å². The van der Waals surface area contributed by atoms with Crippen LogP contribution in [-0.2, 0) is 0 Å². The zero-order chi connectivity index (χ0) is 10.6. The first-order valence-electron chi connectivity index (χ1n) is 4.58. The minimum absolute atomic E-state index is 0.337. The van der Waals surface area contributed by atoms with Crippen molar-refractivity contribution in [2.24, 2.45) is 5.16 Å². The standard InChI is InChI=1S/C11H16N2O/c1-11(2,12-3)10(13-14)9-7-5-4-6-8-9/h4-8,12,14H,1-3H3. The Labute approximate surface area is 84.4 Å². The molecule has 2 N–H and O–H groups in total. The van der Waals surface area contributed by atoms with Crippen molar-refractivity contribution >= 4 is 5.71 Å². The van der Waals surface area contributed by atoms with E-state index in [0.29, 0.717) is 5.71 Å². The number of benzene rings is 1. The Morgan fingerprint density at radius 1 is 1.29 bits per heavy atom. The number of rotatable bonds is 3. The normalized spacial score (nSPS) is 12.9. The lowest BCUT2D eigenvalue weighted by molar-refractivity contribution is 0.312. The van der Waals surface area contributed by atoms with Gasteiger partial charge in [0.15, 0.2) is 0 Å². The number of hydrogen-bond donors (Lipinski definition) is 2. The van der Waals surface area contributed by atoms with Gasteiger partial charge in [0.1, 0.15) is 5.71 Å². The van der Waals surface area contributed by atoms with Gasteiger partial charge in [-0.3, -0.25) is 0 Å². The Bertz CT molecular complexity index is 317. The molecule has 0 bridgehead atoms. The SMILES string of the molecule is CNC(C)(C)C(=NO)c1ccccc1. The van der Waals surface area contributed by atoms with Gasteiger partial charge < -0.3 is 10.5 Å². The third-order valence-corrected chi connectivity index (χ3v) is 2.36. The molecule has 1 rings (SSSR count). The van der Waals surface area contributed by atoms with Gasteiger partial charge in [0.25, 0.3) is 0 Å². The van der Waals surface area contributed by atoms with E-state index in [1.807, 2.05) is 51.2 Å². The first-order chi connectivity index (χ1) is 6.61. The molecule has 0 aromatic heterocycles. The molecule has 0 heterocycles. The van der Waals surface area contributed by atoms with E-state index in [2.05, 4.69) is 10.5 Å². The summed E-state index contributed by atoms with van der Waals surface area (Å²) in [6.07, 6.45) is 0. The summed E-state index contributed by atoms with van der Waals surface area (Å²) >= 11 is 0. The maximum absolute atomic E-state index is 8.99. The molecule has 76 valence electrons. The summed E-state index contributed by atoms with van der Waals surface area (Å²) in [5.74, 6) is 0. The van der Waals surface area contributed by atoms with Gasteiger partial charge >= 0.3 is 0 Å². The second-order valence-electron chi connectivity index (χ2n) is 3.69. The largest absolute Gasteiger partial charge is 0.411 e. The topological polar surface area (TPSA) is 44.6 Å². The highest BCUT2D eigenvalue weighted by Gasteiger charge is 2.24. The van der Waals surface area contributed by atoms with Crippen LogP contribution in [0, 0.1) is 0 Å². The van der Waals surface area contributed by atoms with E-state index in [9.17, 15) is 0 Å². The first-order valence-corrected chi connectivity index (χ1v) is 4.58. The molecule has 0 saturated heterocycles. The molecule has 1 aromatic carbocycles. The van der Waals surface area contributed by atoms with Gasteiger partial charge in [-0.2, -0.15) is 0 Å². The molecule has 0 unspecified atom stereocenters. The van der Waals surface area contributed by atoms with Crippen LogP contribution in [0.1, 0.15) is 19.4 Å². The number of likely N-dealkylation sites (N-methyl/N-ethyl adjacent to an activating group) is 1. The van der Waals surface area contributed by atoms with Crippen molar-refractivity contribution in [3.63, 3.8) is 0 Å². The highest BCUT2D eigenvalue weighted by molar-refractivity contribution is 6.06. The third-order valence-electron chi connectivity index (χ3n) is 2.36. The number of hydrogen-bond acceptors (Lipinski definition) is 3. The van der Waals surface area contributed by atoms with Crippen molar-refractivity contribution in [3.05, 3.63) is 35.9 Å². The minimum Gasteiger partial charge on any atom is -0.411 e. The van der Waals surface area contributed by atoms with E-state index < -0.39 is 0 Å². The summed E-state index contributed by atoms with van der Waals surface area (Å²) in [7, 11) is 1.84. The predicted molar refractivity (Wildman–Crippen MR) is 57.9 cm³/mol. The molecule has 0 aliphatic heterocycles. The van der Waals surface area contributed by atoms with Crippen LogP contribution in [0.15, 0.2) is 35.5 Å². The van der Waals surface area contributed by atoms with Crippen LogP contribution < -0.4 is 5.32 Å². The fourth-order valence-electron chi connectivity index (χ4n) is 1.26. The molecule has 0 saturated carbocycles. The van der Waals surface area contributed by atoms with E-state index in [-0.39, 0.29) is 5.54 Å². The van der Waals surface area contributed by atoms with Crippen molar-refractivity contribution in [2.75, 3.05) is 7.05 Å². The molecule has 0 aliphatic rings. The predicted octanol–water partition coefficient (Wildman–Crippen LogP) is 1.86. The van der Waals surface area contributed by atoms with E-state index in [4.69, 9.17) is 5.21 Å². The Balaban J connectivity index is 3.07. The Hall–Kier alpha value is -1.35. The van der Waals surface area contributed by atoms with Crippen molar-refractivity contribution in [2.45, 2.75) is 19.4 Å². The van der Waals surface area contributed by atoms with Crippen molar-refractivity contribution in [3.8, 4) is 0 Å². The zero-order valence-electron chi connectivity index (χ0n) is 8.78. The summed E-state index contributed by atoms with van der Waals surface area (Å²) in [6.45, 7) is 3.93. The van der Waals surface area contributed by atoms with Gasteiger partial charge in [0.05, 0.1) is 5.54 Å². The minimum atomic E-state index is -0.337. The van der Waals surface area contributed by atoms with Crippen molar-refractivity contribution < 1.29 is 5.21 Å². The molecular weight excluding hydrogens is 176 g/mol. The van der Waals surface area contributed by atoms with Gasteiger partial charge in [-0.25, -0.2) is 0 Å². The van der Waals surface area contributed by atoms with Crippen LogP contribution in [0.2, 0.25) is 0 Å². The van der Waals surface area contributed by atoms with Crippen LogP contribution in [-0.4, -0.2) is 23.5 Å². The molecule has 0 aliphatic carbocycles. The Morgan fingerprint density at radius 2 is 1.86 bits per heavy atom. The molecule has 3 nitrogen and oxygen atoms in total. The summed E-state index contributed by atoms with van der Waals surface area (Å²) in [4.78, 5) is 0. The smallest absolute Gasteiger partial charge is 0.106 e. The number of nitrogens with zero attached hydrogens (tertiary/aromatic N) is 1. The average Bonchev–Trinajstić information content (AvgIpc) is 2.20. The molecule has 0 radical (unpaired) electrons. The van der Waals surface area contributed by atoms with Gasteiger partial charge in [0.2, 0.25) is 0 Å². The molecule has 0 spiro atoms. The molecule has 0 fully saturated rings. The summed E-state index contributed by atoms with van der Waals surface area (Å²) < 4.78 is 0. The van der Waals surface area contributed by atoms with Crippen LogP contribution in [0.25, 0.3) is 0 Å². The van der Waals surface area contributed by atoms with Crippen molar-refractivity contribution in [1.82, 2.24) is 5.32 Å². The van der Waals surface area contributed by atoms with E-state index >= 15 is 0 Å². The lowest BCUT2D eigenvalue weighted by Crippen LogP contribution is -2.45. The maximum atomic E-state index is 8.99. The van der Waals surface area contributed by atoms with Crippen molar-refractivity contribution in [1.29, 1.82) is 0 Å². The Morgan fingerprint density at radius 3 is 2.29 bits per heavy atom. The molecule has 0 amide bonds. The molecule has 3 heteroatoms. The highest BCUT2D eigenvalue weighted by atomic mass is 16.4. The maximum Gasteiger partial charge on any atom is 0.106 e. The van der Waals surface area contributed by atoms with Crippen LogP contribution >= 0.6 is 0 Å². The van der Waals surface area contributed by atoms with E-state index in [1.54, 1.807) is 0 Å². The highest BCUT2D eigenvalue weighted by Crippen LogP contribution is 2.13. The lowest BCUT2D eigenvalue weighted by atomic mass is 9.92. The molecule has 1 aromatic rings. The first kappa shape index (κ1) is 10.7. The van der Waals surface area contributed by atoms with Gasteiger partial charge in [-0.05, 0) is 20.9 Å². The fraction of sp³-hybridized carbons (Fsp3) is 0.364. The lowest BCUT2D eigenvalue weighted by Gasteiger charge is -2.25. The molecule has 14 heavy (non-hydrogen) atoms. The second kappa shape index (κ2) is 4.24.